The molecule has 0 saturated heterocycles. The molecule has 1 aromatic heterocycles. The Hall–Kier alpha value is -3.28. The Morgan fingerprint density at radius 1 is 1.17 bits per heavy atom. The maximum Gasteiger partial charge on any atom is 0.269 e. The van der Waals surface area contributed by atoms with Crippen molar-refractivity contribution in [2.75, 3.05) is 0 Å². The Labute approximate surface area is 131 Å². The summed E-state index contributed by atoms with van der Waals surface area (Å²) in [6, 6.07) is 13.5. The smallest absolute Gasteiger partial charge is 0.269 e. The minimum absolute atomic E-state index is 0.0174. The van der Waals surface area contributed by atoms with Crippen LogP contribution < -0.4 is 0 Å². The molecule has 3 aromatic rings. The second kappa shape index (κ2) is 5.84. The molecule has 0 atom stereocenters. The lowest BCUT2D eigenvalue weighted by molar-refractivity contribution is -0.384. The van der Waals surface area contributed by atoms with Crippen molar-refractivity contribution in [3.05, 3.63) is 76.1 Å². The van der Waals surface area contributed by atoms with E-state index < -0.39 is 4.92 Å². The van der Waals surface area contributed by atoms with Gasteiger partial charge in [-0.1, -0.05) is 18.2 Å². The molecule has 0 fully saturated rings. The first-order chi connectivity index (χ1) is 11.1. The van der Waals surface area contributed by atoms with Crippen LogP contribution in [-0.4, -0.2) is 20.3 Å². The first kappa shape index (κ1) is 14.6. The van der Waals surface area contributed by atoms with E-state index in [2.05, 4.69) is 4.98 Å². The van der Waals surface area contributed by atoms with E-state index in [-0.39, 0.29) is 11.5 Å². The van der Waals surface area contributed by atoms with E-state index in [1.54, 1.807) is 29.8 Å². The fraction of sp³-hybridized carbons (Fsp3) is 0.0588. The topological polar surface area (TPSA) is 78.0 Å². The molecule has 0 radical (unpaired) electrons. The fourth-order valence-electron chi connectivity index (χ4n) is 2.32. The first-order valence-corrected chi connectivity index (χ1v) is 6.94. The zero-order chi connectivity index (χ0) is 16.4. The van der Waals surface area contributed by atoms with Crippen LogP contribution in [0, 0.1) is 10.1 Å². The molecule has 1 heterocycles. The molecule has 6 nitrogen and oxygen atoms in total. The van der Waals surface area contributed by atoms with Crippen LogP contribution >= 0.6 is 0 Å². The molecule has 0 bridgehead atoms. The van der Waals surface area contributed by atoms with Gasteiger partial charge in [0.25, 0.3) is 5.69 Å². The molecule has 0 N–H and O–H groups in total. The maximum atomic E-state index is 12.3. The number of non-ortho nitro benzene ring substituents is 1. The second-order valence-corrected chi connectivity index (χ2v) is 5.03. The molecular formula is C17H13N3O3. The van der Waals surface area contributed by atoms with Gasteiger partial charge in [0.05, 0.1) is 16.0 Å². The van der Waals surface area contributed by atoms with Crippen LogP contribution in [0.3, 0.4) is 0 Å². The number of ketones is 1. The van der Waals surface area contributed by atoms with Gasteiger partial charge in [-0.25, -0.2) is 4.98 Å². The summed E-state index contributed by atoms with van der Waals surface area (Å²) in [6.07, 6.45) is 3.04. The normalized spacial score (nSPS) is 11.2. The number of benzene rings is 2. The standard InChI is InChI=1S/C17H13N3O3/c1-19-15-5-3-2-4-14(15)18-17(19)16(21)11-8-12-6-9-13(10-7-12)20(22)23/h2-11H,1H3/b11-8+. The Morgan fingerprint density at radius 2 is 1.87 bits per heavy atom. The van der Waals surface area contributed by atoms with Crippen molar-refractivity contribution < 1.29 is 9.72 Å². The number of carbonyl (C=O) groups excluding carboxylic acids is 1. The van der Waals surface area contributed by atoms with Crippen molar-refractivity contribution in [1.29, 1.82) is 0 Å². The second-order valence-electron chi connectivity index (χ2n) is 5.03. The van der Waals surface area contributed by atoms with Crippen LogP contribution in [0.4, 0.5) is 5.69 Å². The molecule has 2 aromatic carbocycles. The van der Waals surface area contributed by atoms with E-state index in [4.69, 9.17) is 0 Å². The number of aromatic nitrogens is 2. The molecule has 0 aliphatic carbocycles. The van der Waals surface area contributed by atoms with Crippen LogP contribution in [0.1, 0.15) is 16.2 Å². The lowest BCUT2D eigenvalue weighted by Gasteiger charge is -1.98. The molecular weight excluding hydrogens is 294 g/mol. The van der Waals surface area contributed by atoms with E-state index in [0.29, 0.717) is 11.4 Å². The number of rotatable bonds is 4. The minimum atomic E-state index is -0.460. The van der Waals surface area contributed by atoms with Crippen molar-refractivity contribution >= 4 is 28.6 Å². The van der Waals surface area contributed by atoms with Crippen molar-refractivity contribution in [3.63, 3.8) is 0 Å². The highest BCUT2D eigenvalue weighted by Gasteiger charge is 2.12. The van der Waals surface area contributed by atoms with Gasteiger partial charge in [-0.15, -0.1) is 0 Å². The Kier molecular flexibility index (Phi) is 3.72. The zero-order valence-corrected chi connectivity index (χ0v) is 12.3. The quantitative estimate of drug-likeness (QED) is 0.320. The summed E-state index contributed by atoms with van der Waals surface area (Å²) in [5.74, 6) is 0.131. The number of nitrogens with zero attached hydrogens (tertiary/aromatic N) is 3. The van der Waals surface area contributed by atoms with Gasteiger partial charge in [0.2, 0.25) is 5.78 Å². The monoisotopic (exact) mass is 307 g/mol. The number of hydrogen-bond acceptors (Lipinski definition) is 4. The minimum Gasteiger partial charge on any atom is -0.324 e. The zero-order valence-electron chi connectivity index (χ0n) is 12.3. The Bertz CT molecular complexity index is 924. The van der Waals surface area contributed by atoms with Crippen molar-refractivity contribution in [2.45, 2.75) is 0 Å². The lowest BCUT2D eigenvalue weighted by Crippen LogP contribution is -2.04. The lowest BCUT2D eigenvalue weighted by atomic mass is 10.2. The van der Waals surface area contributed by atoms with Crippen LogP contribution in [0.5, 0.6) is 0 Å². The Morgan fingerprint density at radius 3 is 2.52 bits per heavy atom. The third-order valence-electron chi connectivity index (χ3n) is 3.54. The summed E-state index contributed by atoms with van der Waals surface area (Å²) >= 11 is 0. The number of fused-ring (bicyclic) bond motifs is 1. The van der Waals surface area contributed by atoms with Gasteiger partial charge in [-0.2, -0.15) is 0 Å². The van der Waals surface area contributed by atoms with Crippen LogP contribution in [0.15, 0.2) is 54.6 Å². The number of nitro groups is 1. The summed E-state index contributed by atoms with van der Waals surface area (Å²) in [5, 5.41) is 10.6. The fourth-order valence-corrected chi connectivity index (χ4v) is 2.32. The molecule has 3 rings (SSSR count). The van der Waals surface area contributed by atoms with Crippen molar-refractivity contribution in [3.8, 4) is 0 Å². The van der Waals surface area contributed by atoms with Crippen LogP contribution in [-0.2, 0) is 7.05 Å². The first-order valence-electron chi connectivity index (χ1n) is 6.94. The molecule has 0 aliphatic rings. The van der Waals surface area contributed by atoms with Gasteiger partial charge in [-0.3, -0.25) is 14.9 Å². The molecule has 0 aliphatic heterocycles. The highest BCUT2D eigenvalue weighted by atomic mass is 16.6. The van der Waals surface area contributed by atoms with Gasteiger partial charge in [0.1, 0.15) is 0 Å². The molecule has 114 valence electrons. The predicted molar refractivity (Wildman–Crippen MR) is 87.2 cm³/mol. The predicted octanol–water partition coefficient (Wildman–Crippen LogP) is 3.38. The maximum absolute atomic E-state index is 12.3. The van der Waals surface area contributed by atoms with Crippen LogP contribution in [0.2, 0.25) is 0 Å². The van der Waals surface area contributed by atoms with Gasteiger partial charge >= 0.3 is 0 Å². The largest absolute Gasteiger partial charge is 0.324 e. The van der Waals surface area contributed by atoms with E-state index in [9.17, 15) is 14.9 Å². The number of hydrogen-bond donors (Lipinski definition) is 0. The van der Waals surface area contributed by atoms with Gasteiger partial charge < -0.3 is 4.57 Å². The number of para-hydroxylation sites is 2. The van der Waals surface area contributed by atoms with E-state index in [1.165, 1.54) is 18.2 Å². The molecule has 0 unspecified atom stereocenters. The Balaban J connectivity index is 1.85. The number of allylic oxidation sites excluding steroid dienone is 1. The van der Waals surface area contributed by atoms with Gasteiger partial charge in [0, 0.05) is 19.2 Å². The van der Waals surface area contributed by atoms with E-state index in [0.717, 1.165) is 11.0 Å². The highest BCUT2D eigenvalue weighted by molar-refractivity contribution is 6.06. The summed E-state index contributed by atoms with van der Waals surface area (Å²) in [7, 11) is 1.79. The third kappa shape index (κ3) is 2.87. The van der Waals surface area contributed by atoms with E-state index in [1.807, 2.05) is 24.3 Å². The number of carbonyl (C=O) groups is 1. The summed E-state index contributed by atoms with van der Waals surface area (Å²) < 4.78 is 1.75. The SMILES string of the molecule is Cn1c(C(=O)/C=C/c2ccc([N+](=O)[O-])cc2)nc2ccccc21. The molecule has 0 amide bonds. The average Bonchev–Trinajstić information content (AvgIpc) is 2.90. The van der Waals surface area contributed by atoms with Gasteiger partial charge in [-0.05, 0) is 35.9 Å². The van der Waals surface area contributed by atoms with Crippen molar-refractivity contribution in [1.82, 2.24) is 9.55 Å². The molecule has 0 spiro atoms. The molecule has 0 saturated carbocycles. The highest BCUT2D eigenvalue weighted by Crippen LogP contribution is 2.16. The molecule has 23 heavy (non-hydrogen) atoms. The van der Waals surface area contributed by atoms with Gasteiger partial charge in [0.15, 0.2) is 5.82 Å². The number of aryl methyl sites for hydroxylation is 1. The summed E-state index contributed by atoms with van der Waals surface area (Å²) in [4.78, 5) is 26.8. The van der Waals surface area contributed by atoms with Crippen LogP contribution in [0.25, 0.3) is 17.1 Å². The summed E-state index contributed by atoms with van der Waals surface area (Å²) in [6.45, 7) is 0. The number of imidazole rings is 1. The van der Waals surface area contributed by atoms with Crippen molar-refractivity contribution in [2.24, 2.45) is 7.05 Å². The number of nitro benzene ring substituents is 1. The third-order valence-corrected chi connectivity index (χ3v) is 3.54. The van der Waals surface area contributed by atoms with E-state index >= 15 is 0 Å². The average molecular weight is 307 g/mol. The summed E-state index contributed by atoms with van der Waals surface area (Å²) in [5.41, 5.74) is 2.38. The molecule has 6 heteroatoms.